The molecule has 2 aliphatic rings. The van der Waals surface area contributed by atoms with Crippen LogP contribution in [0.2, 0.25) is 5.02 Å². The Balaban J connectivity index is 1.26. The van der Waals surface area contributed by atoms with Crippen molar-refractivity contribution in [2.24, 2.45) is 11.3 Å². The van der Waals surface area contributed by atoms with Gasteiger partial charge in [-0.3, -0.25) is 4.98 Å². The molecule has 1 saturated heterocycles. The summed E-state index contributed by atoms with van der Waals surface area (Å²) in [6.07, 6.45) is 8.37. The van der Waals surface area contributed by atoms with Gasteiger partial charge in [-0.1, -0.05) is 17.7 Å². The minimum atomic E-state index is -0.430. The van der Waals surface area contributed by atoms with E-state index in [2.05, 4.69) is 34.7 Å². The Morgan fingerprint density at radius 3 is 2.69 bits per heavy atom. The Bertz CT molecular complexity index is 1210. The Hall–Kier alpha value is -2.77. The van der Waals surface area contributed by atoms with Gasteiger partial charge in [-0.25, -0.2) is 9.78 Å². The van der Waals surface area contributed by atoms with Gasteiger partial charge in [-0.2, -0.15) is 5.26 Å². The lowest BCUT2D eigenvalue weighted by Gasteiger charge is -2.31. The van der Waals surface area contributed by atoms with Crippen molar-refractivity contribution in [3.8, 4) is 17.3 Å². The molecule has 9 nitrogen and oxygen atoms in total. The van der Waals surface area contributed by atoms with Crippen molar-refractivity contribution >= 4 is 23.4 Å². The summed E-state index contributed by atoms with van der Waals surface area (Å²) in [6, 6.07) is 11.0. The maximum atomic E-state index is 11.6. The molecule has 3 heterocycles. The second-order valence-electron chi connectivity index (χ2n) is 12.0. The third kappa shape index (κ3) is 9.63. The van der Waals surface area contributed by atoms with E-state index >= 15 is 0 Å². The zero-order valence-electron chi connectivity index (χ0n) is 25.0. The number of esters is 1. The molecule has 10 heteroatoms. The number of ether oxygens (including phenoxy) is 3. The average molecular weight is 598 g/mol. The summed E-state index contributed by atoms with van der Waals surface area (Å²) in [4.78, 5) is 21.1. The van der Waals surface area contributed by atoms with Crippen molar-refractivity contribution in [1.29, 1.82) is 5.26 Å². The molecular formula is C32H44ClN5O4. The van der Waals surface area contributed by atoms with Crippen LogP contribution in [0.3, 0.4) is 0 Å². The number of pyridine rings is 2. The Kier molecular flexibility index (Phi) is 12.0. The molecule has 2 N–H and O–H groups in total. The summed E-state index contributed by atoms with van der Waals surface area (Å²) >= 11 is 6.59. The van der Waals surface area contributed by atoms with Gasteiger partial charge in [-0.15, -0.1) is 0 Å². The van der Waals surface area contributed by atoms with Crippen LogP contribution in [0, 0.1) is 22.7 Å². The van der Waals surface area contributed by atoms with E-state index in [1.54, 1.807) is 6.20 Å². The van der Waals surface area contributed by atoms with Gasteiger partial charge in [0.2, 0.25) is 0 Å². The number of nitriles is 1. The summed E-state index contributed by atoms with van der Waals surface area (Å²) in [7, 11) is 0. The van der Waals surface area contributed by atoms with Crippen molar-refractivity contribution < 1.29 is 19.0 Å². The van der Waals surface area contributed by atoms with Crippen LogP contribution in [-0.4, -0.2) is 67.1 Å². The largest absolute Gasteiger partial charge is 0.461 e. The molecule has 0 spiro atoms. The van der Waals surface area contributed by atoms with Gasteiger partial charge in [-0.05, 0) is 89.8 Å². The average Bonchev–Trinajstić information content (AvgIpc) is 2.98. The van der Waals surface area contributed by atoms with E-state index in [4.69, 9.17) is 30.8 Å². The lowest BCUT2D eigenvalue weighted by Crippen LogP contribution is -2.41. The van der Waals surface area contributed by atoms with Gasteiger partial charge in [0.05, 0.1) is 34.9 Å². The van der Waals surface area contributed by atoms with E-state index in [0.717, 1.165) is 67.7 Å². The Morgan fingerprint density at radius 1 is 1.21 bits per heavy atom. The van der Waals surface area contributed by atoms with Gasteiger partial charge in [0.25, 0.3) is 0 Å². The number of nitrogens with one attached hydrogen (secondary N) is 2. The maximum Gasteiger partial charge on any atom is 0.332 e. The Labute approximate surface area is 254 Å². The predicted octanol–water partition coefficient (Wildman–Crippen LogP) is 5.58. The van der Waals surface area contributed by atoms with Crippen LogP contribution < -0.4 is 10.6 Å². The molecule has 2 aromatic heterocycles. The molecule has 228 valence electrons. The molecule has 1 saturated carbocycles. The number of aromatic nitrogens is 2. The van der Waals surface area contributed by atoms with Crippen LogP contribution in [0.5, 0.6) is 0 Å². The minimum Gasteiger partial charge on any atom is -0.461 e. The first kappa shape index (κ1) is 32.2. The van der Waals surface area contributed by atoms with Crippen LogP contribution in [0.15, 0.2) is 30.5 Å². The second-order valence-corrected chi connectivity index (χ2v) is 12.4. The van der Waals surface area contributed by atoms with Crippen molar-refractivity contribution in [3.05, 3.63) is 41.2 Å². The summed E-state index contributed by atoms with van der Waals surface area (Å²) in [6.45, 7) is 7.97. The lowest BCUT2D eigenvalue weighted by atomic mass is 9.82. The first-order chi connectivity index (χ1) is 20.2. The van der Waals surface area contributed by atoms with Crippen molar-refractivity contribution in [3.63, 3.8) is 0 Å². The van der Waals surface area contributed by atoms with Crippen LogP contribution in [0.25, 0.3) is 11.3 Å². The summed E-state index contributed by atoms with van der Waals surface area (Å²) in [5.74, 6) is 0.962. The molecule has 4 rings (SSSR count). The molecule has 2 fully saturated rings. The molecular weight excluding hydrogens is 554 g/mol. The molecule has 1 unspecified atom stereocenters. The number of carbonyl (C=O) groups excluding carboxylic acids is 1. The van der Waals surface area contributed by atoms with Crippen LogP contribution >= 0.6 is 11.6 Å². The SMILES string of the molecule is CC(COCC(=O)OC(C)C)NC1CCC(Cc2cc(-c3cccc(NCC4(C#N)CCOCC4)n3)c(Cl)cn2)CC1. The van der Waals surface area contributed by atoms with E-state index < -0.39 is 5.41 Å². The fraction of sp³-hybridized carbons (Fsp3) is 0.625. The predicted molar refractivity (Wildman–Crippen MR) is 163 cm³/mol. The molecule has 1 aliphatic carbocycles. The van der Waals surface area contributed by atoms with E-state index in [1.807, 2.05) is 32.0 Å². The zero-order valence-corrected chi connectivity index (χ0v) is 25.8. The normalized spacial score (nSPS) is 21.0. The molecule has 0 aromatic carbocycles. The number of rotatable bonds is 13. The maximum absolute atomic E-state index is 11.6. The highest BCUT2D eigenvalue weighted by Crippen LogP contribution is 2.32. The fourth-order valence-electron chi connectivity index (χ4n) is 5.72. The Morgan fingerprint density at radius 2 is 1.98 bits per heavy atom. The quantitative estimate of drug-likeness (QED) is 0.285. The third-order valence-electron chi connectivity index (χ3n) is 8.05. The number of hydrogen-bond donors (Lipinski definition) is 2. The number of carbonyl (C=O) groups is 1. The van der Waals surface area contributed by atoms with Crippen molar-refractivity contribution in [2.45, 2.75) is 83.9 Å². The van der Waals surface area contributed by atoms with Crippen LogP contribution in [-0.2, 0) is 25.4 Å². The molecule has 1 atom stereocenters. The van der Waals surface area contributed by atoms with E-state index in [9.17, 15) is 10.1 Å². The topological polar surface area (TPSA) is 118 Å². The standard InChI is InChI=1S/C32H44ClN5O4/c1-22(2)42-31(39)19-41-18-23(3)37-25-9-7-24(8-10-25)15-26-16-27(28(33)17-35-26)29-5-4-6-30(38-29)36-21-32(20-34)11-13-40-14-12-32/h4-6,16-17,22-25,37H,7-15,18-19,21H2,1-3H3,(H,36,38). The van der Waals surface area contributed by atoms with Gasteiger partial charge in [0, 0.05) is 49.3 Å². The van der Waals surface area contributed by atoms with Crippen LogP contribution in [0.4, 0.5) is 5.82 Å². The molecule has 42 heavy (non-hydrogen) atoms. The molecule has 0 amide bonds. The summed E-state index contributed by atoms with van der Waals surface area (Å²) < 4.78 is 16.1. The number of nitrogens with zero attached hydrogens (tertiary/aromatic N) is 3. The van der Waals surface area contributed by atoms with Crippen LogP contribution in [0.1, 0.15) is 65.0 Å². The minimum absolute atomic E-state index is 0.0128. The highest BCUT2D eigenvalue weighted by Gasteiger charge is 2.32. The van der Waals surface area contributed by atoms with Gasteiger partial charge >= 0.3 is 5.97 Å². The van der Waals surface area contributed by atoms with Crippen molar-refractivity contribution in [2.75, 3.05) is 38.3 Å². The number of anilines is 1. The van der Waals surface area contributed by atoms with E-state index in [0.29, 0.717) is 43.3 Å². The van der Waals surface area contributed by atoms with E-state index in [-0.39, 0.29) is 24.7 Å². The second kappa shape index (κ2) is 15.6. The monoisotopic (exact) mass is 597 g/mol. The summed E-state index contributed by atoms with van der Waals surface area (Å²) in [5, 5.41) is 17.4. The first-order valence-electron chi connectivity index (χ1n) is 15.1. The zero-order chi connectivity index (χ0) is 30.0. The fourth-order valence-corrected chi connectivity index (χ4v) is 5.92. The number of halogens is 1. The van der Waals surface area contributed by atoms with Crippen molar-refractivity contribution in [1.82, 2.24) is 15.3 Å². The van der Waals surface area contributed by atoms with E-state index in [1.165, 1.54) is 0 Å². The highest BCUT2D eigenvalue weighted by molar-refractivity contribution is 6.33. The first-order valence-corrected chi connectivity index (χ1v) is 15.5. The lowest BCUT2D eigenvalue weighted by molar-refractivity contribution is -0.152. The highest BCUT2D eigenvalue weighted by atomic mass is 35.5. The van der Waals surface area contributed by atoms with Gasteiger partial charge in [0.1, 0.15) is 12.4 Å². The molecule has 0 radical (unpaired) electrons. The molecule has 1 aliphatic heterocycles. The van der Waals surface area contributed by atoms with Gasteiger partial charge in [0.15, 0.2) is 0 Å². The summed E-state index contributed by atoms with van der Waals surface area (Å²) in [5.41, 5.74) is 2.24. The molecule has 0 bridgehead atoms. The third-order valence-corrected chi connectivity index (χ3v) is 8.35. The van der Waals surface area contributed by atoms with Gasteiger partial charge < -0.3 is 24.8 Å². The molecule has 2 aromatic rings. The smallest absolute Gasteiger partial charge is 0.332 e. The number of hydrogen-bond acceptors (Lipinski definition) is 9.